The van der Waals surface area contributed by atoms with Crippen LogP contribution in [0.3, 0.4) is 0 Å². The number of ether oxygens (including phenoxy) is 2. The molecule has 0 aromatic rings. The minimum absolute atomic E-state index is 0. The van der Waals surface area contributed by atoms with Gasteiger partial charge in [-0.1, -0.05) is 41.0 Å². The molecular formula is C34H59NaO12S. The number of aliphatic hydroxyl groups is 6. The van der Waals surface area contributed by atoms with Crippen molar-refractivity contribution in [2.75, 3.05) is 13.2 Å². The van der Waals surface area contributed by atoms with E-state index in [0.717, 1.165) is 32.1 Å². The zero-order valence-corrected chi connectivity index (χ0v) is 32.4. The maximum Gasteiger partial charge on any atom is 1.00 e. The quantitative estimate of drug-likeness (QED) is 0.0826. The van der Waals surface area contributed by atoms with Crippen LogP contribution in [0.25, 0.3) is 0 Å². The summed E-state index contributed by atoms with van der Waals surface area (Å²) >= 11 is 0. The fourth-order valence-electron chi connectivity index (χ4n) is 11.5. The molecule has 5 rings (SSSR count). The van der Waals surface area contributed by atoms with Crippen molar-refractivity contribution in [2.24, 2.45) is 52.3 Å². The Kier molecular flexibility index (Phi) is 13.3. The van der Waals surface area contributed by atoms with Gasteiger partial charge in [-0.05, 0) is 97.7 Å². The molecule has 0 aromatic heterocycles. The molecule has 14 heteroatoms. The van der Waals surface area contributed by atoms with Crippen molar-refractivity contribution < 1.29 is 86.8 Å². The summed E-state index contributed by atoms with van der Waals surface area (Å²) in [7, 11) is -5.13. The predicted molar refractivity (Wildman–Crippen MR) is 169 cm³/mol. The Balaban J connectivity index is 0.00000520. The number of fused-ring (bicyclic) bond motifs is 5. The summed E-state index contributed by atoms with van der Waals surface area (Å²) in [5.41, 5.74) is -1.72. The van der Waals surface area contributed by atoms with Gasteiger partial charge >= 0.3 is 29.6 Å². The van der Waals surface area contributed by atoms with Crippen molar-refractivity contribution in [1.82, 2.24) is 0 Å². The zero-order valence-electron chi connectivity index (χ0n) is 29.6. The predicted octanol–water partition coefficient (Wildman–Crippen LogP) is -0.915. The standard InChI is InChI=1S/C34H60O12S.Na/c1-18(2)20(10-13-44-31-29(46-47(41,42)43)28(39)26(17-35)45-31)7-6-19(3)22-15-24(37)30-33(22,5)12-9-27-32(4)11-8-21(36)14-23(32)25(38)16-34(27,30)40;/h18-31,35-40H,6-17H2,1-5H3,(H,41,42,43);/q;+1/p-1/t19-,20+,21+,22-,23-,24+,25+,26+,27-,28+,29-,30-,31-,32+,33-,34+;/m1./s1. The molecule has 0 radical (unpaired) electrons. The first-order valence-electron chi connectivity index (χ1n) is 17.8. The van der Waals surface area contributed by atoms with Crippen molar-refractivity contribution in [1.29, 1.82) is 0 Å². The minimum Gasteiger partial charge on any atom is -0.726 e. The van der Waals surface area contributed by atoms with Gasteiger partial charge in [0.1, 0.15) is 12.2 Å². The Morgan fingerprint density at radius 2 is 1.62 bits per heavy atom. The van der Waals surface area contributed by atoms with E-state index < -0.39 is 65.5 Å². The first kappa shape index (κ1) is 41.3. The third kappa shape index (κ3) is 7.76. The van der Waals surface area contributed by atoms with Crippen LogP contribution in [0.5, 0.6) is 0 Å². The average Bonchev–Trinajstić information content (AvgIpc) is 3.42. The third-order valence-corrected chi connectivity index (χ3v) is 14.3. The topological polar surface area (TPSA) is 206 Å². The fourth-order valence-corrected chi connectivity index (χ4v) is 11.9. The first-order chi connectivity index (χ1) is 21.9. The van der Waals surface area contributed by atoms with Gasteiger partial charge in [0.15, 0.2) is 12.4 Å². The van der Waals surface area contributed by atoms with Crippen LogP contribution in [0.4, 0.5) is 0 Å². The second-order valence-corrected chi connectivity index (χ2v) is 17.7. The molecule has 6 N–H and O–H groups in total. The minimum atomic E-state index is -5.13. The molecule has 0 spiro atoms. The molecule has 0 aromatic carbocycles. The number of rotatable bonds is 12. The molecule has 12 nitrogen and oxygen atoms in total. The van der Waals surface area contributed by atoms with Crippen LogP contribution in [0.2, 0.25) is 0 Å². The van der Waals surface area contributed by atoms with Crippen molar-refractivity contribution in [3.8, 4) is 0 Å². The molecule has 5 aliphatic rings. The van der Waals surface area contributed by atoms with Crippen LogP contribution < -0.4 is 29.6 Å². The Morgan fingerprint density at radius 3 is 2.25 bits per heavy atom. The fraction of sp³-hybridized carbons (Fsp3) is 1.00. The molecular weight excluding hydrogens is 655 g/mol. The zero-order chi connectivity index (χ0) is 34.7. The van der Waals surface area contributed by atoms with E-state index in [2.05, 4.69) is 38.8 Å². The van der Waals surface area contributed by atoms with Gasteiger partial charge in [-0.25, -0.2) is 8.42 Å². The van der Waals surface area contributed by atoms with Gasteiger partial charge in [-0.2, -0.15) is 0 Å². The normalized spacial score (nSPS) is 47.1. The molecule has 4 saturated carbocycles. The van der Waals surface area contributed by atoms with E-state index in [9.17, 15) is 43.6 Å². The molecule has 0 unspecified atom stereocenters. The molecule has 48 heavy (non-hydrogen) atoms. The van der Waals surface area contributed by atoms with Gasteiger partial charge in [0, 0.05) is 12.3 Å². The Bertz CT molecular complexity index is 1190. The summed E-state index contributed by atoms with van der Waals surface area (Å²) in [6.07, 6.45) is -0.341. The Labute approximate surface area is 308 Å². The number of aliphatic hydroxyl groups excluding tert-OH is 5. The van der Waals surface area contributed by atoms with Crippen molar-refractivity contribution in [3.63, 3.8) is 0 Å². The number of hydrogen-bond acceptors (Lipinski definition) is 12. The van der Waals surface area contributed by atoms with E-state index in [1.54, 1.807) is 0 Å². The molecule has 1 heterocycles. The van der Waals surface area contributed by atoms with Crippen LogP contribution in [-0.4, -0.2) is 105 Å². The van der Waals surface area contributed by atoms with Crippen molar-refractivity contribution >= 4 is 10.4 Å². The van der Waals surface area contributed by atoms with Crippen LogP contribution in [0.1, 0.15) is 98.8 Å². The molecule has 1 saturated heterocycles. The van der Waals surface area contributed by atoms with E-state index in [1.807, 2.05) is 0 Å². The van der Waals surface area contributed by atoms with Gasteiger partial charge in [0.25, 0.3) is 0 Å². The molecule has 4 aliphatic carbocycles. The molecule has 0 bridgehead atoms. The largest absolute Gasteiger partial charge is 1.00 e. The molecule has 1 aliphatic heterocycles. The second-order valence-electron chi connectivity index (χ2n) is 16.7. The SMILES string of the molecule is CC(C)[C@H](CCO[C@@H]1O[C@@H](CO)[C@H](O)[C@H]1OS(=O)(=O)[O-])CC[C@@H](C)[C@H]1C[C@H](O)[C@@H]2[C@]1(C)CC[C@@H]1[C@@]3(C)CC[C@H](O)C[C@@H]3[C@@H](O)C[C@]12O.[Na+]. The maximum atomic E-state index is 12.5. The van der Waals surface area contributed by atoms with Gasteiger partial charge < -0.3 is 44.7 Å². The van der Waals surface area contributed by atoms with E-state index in [4.69, 9.17) is 9.47 Å². The summed E-state index contributed by atoms with van der Waals surface area (Å²) in [4.78, 5) is 0. The van der Waals surface area contributed by atoms with Gasteiger partial charge in [0.2, 0.25) is 10.4 Å². The van der Waals surface area contributed by atoms with Crippen LogP contribution in [-0.2, 0) is 24.1 Å². The summed E-state index contributed by atoms with van der Waals surface area (Å²) < 4.78 is 49.3. The summed E-state index contributed by atoms with van der Waals surface area (Å²) in [5, 5.41) is 65.7. The average molecular weight is 715 g/mol. The molecule has 274 valence electrons. The second kappa shape index (κ2) is 15.5. The van der Waals surface area contributed by atoms with E-state index in [0.29, 0.717) is 31.6 Å². The number of hydrogen-bond donors (Lipinski definition) is 6. The summed E-state index contributed by atoms with van der Waals surface area (Å²) in [6, 6.07) is 0. The molecule has 5 fully saturated rings. The smallest absolute Gasteiger partial charge is 0.726 e. The summed E-state index contributed by atoms with van der Waals surface area (Å²) in [5.74, 6) is 0.602. The van der Waals surface area contributed by atoms with Crippen LogP contribution >= 0.6 is 0 Å². The van der Waals surface area contributed by atoms with Crippen molar-refractivity contribution in [2.45, 2.75) is 147 Å². The Morgan fingerprint density at radius 1 is 0.958 bits per heavy atom. The van der Waals surface area contributed by atoms with Gasteiger partial charge in [-0.3, -0.25) is 4.18 Å². The van der Waals surface area contributed by atoms with Gasteiger partial charge in [-0.15, -0.1) is 0 Å². The third-order valence-electron chi connectivity index (χ3n) is 13.8. The Hall–Kier alpha value is 0.550. The van der Waals surface area contributed by atoms with Crippen molar-refractivity contribution in [3.05, 3.63) is 0 Å². The molecule has 0 amide bonds. The van der Waals surface area contributed by atoms with Gasteiger partial charge in [0.05, 0.1) is 37.1 Å². The van der Waals surface area contributed by atoms with E-state index in [1.165, 1.54) is 0 Å². The maximum absolute atomic E-state index is 12.5. The molecule has 16 atom stereocenters. The monoisotopic (exact) mass is 714 g/mol. The van der Waals surface area contributed by atoms with E-state index >= 15 is 0 Å². The first-order valence-corrected chi connectivity index (χ1v) is 19.2. The summed E-state index contributed by atoms with van der Waals surface area (Å²) in [6.45, 7) is 10.5. The van der Waals surface area contributed by atoms with Crippen LogP contribution in [0.15, 0.2) is 0 Å². The van der Waals surface area contributed by atoms with Crippen LogP contribution in [0, 0.1) is 52.3 Å². The van der Waals surface area contributed by atoms with E-state index in [-0.39, 0.29) is 88.9 Å².